The summed E-state index contributed by atoms with van der Waals surface area (Å²) in [7, 11) is 0. The van der Waals surface area contributed by atoms with Gasteiger partial charge in [-0.1, -0.05) is 13.3 Å². The molecule has 1 nitrogen and oxygen atoms in total. The normalized spacial score (nSPS) is 14.1. The van der Waals surface area contributed by atoms with Crippen molar-refractivity contribution >= 4 is 11.8 Å². The summed E-state index contributed by atoms with van der Waals surface area (Å²) < 4.78 is 0. The molecule has 1 radical (unpaired) electrons. The maximum atomic E-state index is 8.78. The Morgan fingerprint density at radius 2 is 2.43 bits per heavy atom. The molecule has 1 atom stereocenters. The monoisotopic (exact) mass is 119 g/mol. The molecule has 1 unspecified atom stereocenters. The molecule has 0 saturated heterocycles. The molecule has 1 N–H and O–H groups in total. The third kappa shape index (κ3) is 4.16. The van der Waals surface area contributed by atoms with Gasteiger partial charge in [0.15, 0.2) is 0 Å². The second kappa shape index (κ2) is 4.47. The van der Waals surface area contributed by atoms with E-state index >= 15 is 0 Å². The summed E-state index contributed by atoms with van der Waals surface area (Å²) in [5, 5.41) is 8.78. The molecule has 2 heteroatoms. The lowest BCUT2D eigenvalue weighted by Gasteiger charge is -2.01. The van der Waals surface area contributed by atoms with Gasteiger partial charge in [-0.3, -0.25) is 0 Å². The molecule has 0 aliphatic heterocycles. The van der Waals surface area contributed by atoms with Crippen molar-refractivity contribution < 1.29 is 5.11 Å². The molecular weight excluding hydrogens is 108 g/mol. The summed E-state index contributed by atoms with van der Waals surface area (Å²) in [5.41, 5.74) is -0.197. The first-order valence-corrected chi connectivity index (χ1v) is 3.60. The van der Waals surface area contributed by atoms with Crippen molar-refractivity contribution in [2.24, 2.45) is 0 Å². The lowest BCUT2D eigenvalue weighted by atomic mass is 10.4. The van der Waals surface area contributed by atoms with E-state index in [0.29, 0.717) is 0 Å². The van der Waals surface area contributed by atoms with Crippen LogP contribution in [0.4, 0.5) is 0 Å². The summed E-state index contributed by atoms with van der Waals surface area (Å²) in [4.78, 5) is 0. The minimum absolute atomic E-state index is 0.197. The maximum absolute atomic E-state index is 8.78. The molecular formula is C5H11OS. The van der Waals surface area contributed by atoms with Gasteiger partial charge in [-0.25, -0.2) is 0 Å². The lowest BCUT2D eigenvalue weighted by molar-refractivity contribution is 0.254. The predicted molar refractivity (Wildman–Crippen MR) is 34.1 cm³/mol. The van der Waals surface area contributed by atoms with Gasteiger partial charge >= 0.3 is 0 Å². The van der Waals surface area contributed by atoms with E-state index in [0.717, 1.165) is 12.8 Å². The summed E-state index contributed by atoms with van der Waals surface area (Å²) in [6.07, 6.45) is 3.52. The minimum Gasteiger partial charge on any atom is -0.382 e. The Hall–Kier alpha value is 0.310. The fraction of sp³-hybridized carbons (Fsp3) is 0.800. The van der Waals surface area contributed by atoms with Gasteiger partial charge in [-0.15, -0.1) is 11.8 Å². The predicted octanol–water partition coefficient (Wildman–Crippen LogP) is 1.28. The molecule has 0 bridgehead atoms. The highest BCUT2D eigenvalue weighted by molar-refractivity contribution is 7.99. The zero-order chi connectivity index (χ0) is 5.70. The van der Waals surface area contributed by atoms with Gasteiger partial charge in [0.05, 0.1) is 5.44 Å². The highest BCUT2D eigenvalue weighted by Gasteiger charge is 1.95. The molecule has 0 rings (SSSR count). The van der Waals surface area contributed by atoms with Crippen molar-refractivity contribution in [2.45, 2.75) is 18.3 Å². The van der Waals surface area contributed by atoms with E-state index in [-0.39, 0.29) is 5.44 Å². The summed E-state index contributed by atoms with van der Waals surface area (Å²) in [6.45, 7) is 3.60. The van der Waals surface area contributed by atoms with Crippen molar-refractivity contribution in [1.29, 1.82) is 0 Å². The van der Waals surface area contributed by atoms with E-state index in [1.807, 2.05) is 6.26 Å². The van der Waals surface area contributed by atoms with Crippen LogP contribution in [0.25, 0.3) is 0 Å². The summed E-state index contributed by atoms with van der Waals surface area (Å²) >= 11 is 1.46. The number of rotatable bonds is 3. The number of aliphatic hydroxyl groups is 1. The van der Waals surface area contributed by atoms with Gasteiger partial charge < -0.3 is 5.11 Å². The Balaban J connectivity index is 2.83. The molecule has 0 aliphatic carbocycles. The fourth-order valence-corrected chi connectivity index (χ4v) is 0.695. The van der Waals surface area contributed by atoms with Crippen molar-refractivity contribution in [3.8, 4) is 0 Å². The van der Waals surface area contributed by atoms with Crippen molar-refractivity contribution in [2.75, 3.05) is 6.26 Å². The van der Waals surface area contributed by atoms with Crippen LogP contribution >= 0.6 is 11.8 Å². The van der Waals surface area contributed by atoms with Crippen LogP contribution in [0.1, 0.15) is 12.8 Å². The van der Waals surface area contributed by atoms with Gasteiger partial charge in [0, 0.05) is 0 Å². The van der Waals surface area contributed by atoms with E-state index in [4.69, 9.17) is 5.11 Å². The Morgan fingerprint density at radius 3 is 2.57 bits per heavy atom. The number of hydrogen-bond acceptors (Lipinski definition) is 2. The average Bonchev–Trinajstić information content (AvgIpc) is 1.68. The molecule has 0 heterocycles. The smallest absolute Gasteiger partial charge is 0.0990 e. The molecule has 0 aromatic rings. The largest absolute Gasteiger partial charge is 0.382 e. The summed E-state index contributed by atoms with van der Waals surface area (Å²) in [5.74, 6) is 0. The number of aliphatic hydroxyl groups excluding tert-OH is 1. The Morgan fingerprint density at radius 1 is 1.86 bits per heavy atom. The van der Waals surface area contributed by atoms with Crippen LogP contribution in [0.5, 0.6) is 0 Å². The molecule has 0 fully saturated rings. The molecule has 0 aromatic carbocycles. The third-order valence-corrected chi connectivity index (χ3v) is 1.50. The van der Waals surface area contributed by atoms with Crippen LogP contribution in [0.3, 0.4) is 0 Å². The number of hydrogen-bond donors (Lipinski definition) is 1. The van der Waals surface area contributed by atoms with E-state index in [9.17, 15) is 0 Å². The standard InChI is InChI=1S/C5H11OS/c1-3-4-5(6)7-2/h5-6H,1,3-4H2,2H3. The number of thioether (sulfide) groups is 1. The quantitative estimate of drug-likeness (QED) is 0.565. The molecule has 0 saturated carbocycles. The van der Waals surface area contributed by atoms with Crippen LogP contribution in [-0.2, 0) is 0 Å². The molecule has 0 spiro atoms. The lowest BCUT2D eigenvalue weighted by Crippen LogP contribution is -1.96. The molecule has 0 aliphatic rings. The molecule has 0 amide bonds. The Kier molecular flexibility index (Phi) is 4.67. The van der Waals surface area contributed by atoms with Crippen LogP contribution in [0, 0.1) is 6.92 Å². The average molecular weight is 119 g/mol. The van der Waals surface area contributed by atoms with E-state index in [2.05, 4.69) is 6.92 Å². The fourth-order valence-electron chi connectivity index (χ4n) is 0.292. The van der Waals surface area contributed by atoms with Crippen molar-refractivity contribution in [3.05, 3.63) is 6.92 Å². The zero-order valence-electron chi connectivity index (χ0n) is 4.55. The highest BCUT2D eigenvalue weighted by atomic mass is 32.2. The highest BCUT2D eigenvalue weighted by Crippen LogP contribution is 2.07. The Bertz CT molecular complexity index is 39.1. The Labute approximate surface area is 49.1 Å². The SMILES string of the molecule is [CH2]CCC(O)SC. The second-order valence-electron chi connectivity index (χ2n) is 1.33. The molecule has 43 valence electrons. The summed E-state index contributed by atoms with van der Waals surface area (Å²) in [6, 6.07) is 0. The topological polar surface area (TPSA) is 20.2 Å². The van der Waals surface area contributed by atoms with Gasteiger partial charge in [0.2, 0.25) is 0 Å². The third-order valence-electron chi connectivity index (χ3n) is 0.723. The first-order chi connectivity index (χ1) is 3.31. The minimum atomic E-state index is -0.197. The van der Waals surface area contributed by atoms with Crippen LogP contribution in [-0.4, -0.2) is 16.8 Å². The molecule has 0 aromatic heterocycles. The van der Waals surface area contributed by atoms with E-state index in [1.54, 1.807) is 0 Å². The van der Waals surface area contributed by atoms with Crippen LogP contribution in [0.2, 0.25) is 0 Å². The maximum Gasteiger partial charge on any atom is 0.0990 e. The van der Waals surface area contributed by atoms with Gasteiger partial charge in [0.25, 0.3) is 0 Å². The van der Waals surface area contributed by atoms with Crippen LogP contribution < -0.4 is 0 Å². The first kappa shape index (κ1) is 7.31. The zero-order valence-corrected chi connectivity index (χ0v) is 5.37. The van der Waals surface area contributed by atoms with Crippen LogP contribution in [0.15, 0.2) is 0 Å². The van der Waals surface area contributed by atoms with E-state index in [1.165, 1.54) is 11.8 Å². The van der Waals surface area contributed by atoms with Crippen molar-refractivity contribution in [1.82, 2.24) is 0 Å². The van der Waals surface area contributed by atoms with Gasteiger partial charge in [-0.2, -0.15) is 0 Å². The second-order valence-corrected chi connectivity index (χ2v) is 2.35. The van der Waals surface area contributed by atoms with Crippen molar-refractivity contribution in [3.63, 3.8) is 0 Å². The molecule has 7 heavy (non-hydrogen) atoms. The van der Waals surface area contributed by atoms with Gasteiger partial charge in [0.1, 0.15) is 0 Å². The van der Waals surface area contributed by atoms with Gasteiger partial charge in [-0.05, 0) is 12.7 Å². The van der Waals surface area contributed by atoms with E-state index < -0.39 is 0 Å². The first-order valence-electron chi connectivity index (χ1n) is 2.31.